The molecule has 1 fully saturated rings. The molecule has 0 bridgehead atoms. The topological polar surface area (TPSA) is 15.3 Å². The van der Waals surface area contributed by atoms with Gasteiger partial charge in [0.25, 0.3) is 0 Å². The summed E-state index contributed by atoms with van der Waals surface area (Å²) in [7, 11) is 0. The SMILES string of the molecule is CCc1ccc([C@@H](N2CCNCC2)C(F)(F)F)cc1.Cl.Cl. The van der Waals surface area contributed by atoms with E-state index in [1.165, 1.54) is 4.90 Å². The third-order valence-corrected chi connectivity index (χ3v) is 3.53. The molecule has 0 radical (unpaired) electrons. The molecule has 0 unspecified atom stereocenters. The van der Waals surface area contributed by atoms with E-state index < -0.39 is 12.2 Å². The number of rotatable bonds is 3. The lowest BCUT2D eigenvalue weighted by molar-refractivity contribution is -0.187. The van der Waals surface area contributed by atoms with Gasteiger partial charge in [-0.05, 0) is 17.5 Å². The van der Waals surface area contributed by atoms with Crippen molar-refractivity contribution in [2.24, 2.45) is 0 Å². The van der Waals surface area contributed by atoms with Gasteiger partial charge in [0.1, 0.15) is 6.04 Å². The Hall–Kier alpha value is -0.490. The maximum Gasteiger partial charge on any atom is 0.408 e. The summed E-state index contributed by atoms with van der Waals surface area (Å²) in [4.78, 5) is 1.51. The third kappa shape index (κ3) is 5.33. The molecule has 1 heterocycles. The van der Waals surface area contributed by atoms with Crippen LogP contribution in [0.3, 0.4) is 0 Å². The standard InChI is InChI=1S/C14H19F3N2.2ClH/c1-2-11-3-5-12(6-4-11)13(14(15,16)17)19-9-7-18-8-10-19;;/h3-6,13,18H,2,7-10H2,1H3;2*1H/t13-;;/m1../s1. The highest BCUT2D eigenvalue weighted by Gasteiger charge is 2.44. The fraction of sp³-hybridized carbons (Fsp3) is 0.571. The zero-order valence-electron chi connectivity index (χ0n) is 11.8. The average Bonchev–Trinajstić information content (AvgIpc) is 2.39. The van der Waals surface area contributed by atoms with Crippen molar-refractivity contribution >= 4 is 24.8 Å². The monoisotopic (exact) mass is 344 g/mol. The molecule has 0 saturated carbocycles. The summed E-state index contributed by atoms with van der Waals surface area (Å²) >= 11 is 0. The van der Waals surface area contributed by atoms with E-state index in [9.17, 15) is 13.2 Å². The van der Waals surface area contributed by atoms with E-state index in [4.69, 9.17) is 0 Å². The van der Waals surface area contributed by atoms with E-state index in [0.29, 0.717) is 31.7 Å². The predicted molar refractivity (Wildman–Crippen MR) is 83.6 cm³/mol. The van der Waals surface area contributed by atoms with Gasteiger partial charge in [-0.25, -0.2) is 0 Å². The molecule has 122 valence electrons. The van der Waals surface area contributed by atoms with Gasteiger partial charge >= 0.3 is 6.18 Å². The van der Waals surface area contributed by atoms with Crippen LogP contribution in [-0.4, -0.2) is 37.3 Å². The van der Waals surface area contributed by atoms with Crippen molar-refractivity contribution in [3.8, 4) is 0 Å². The molecule has 21 heavy (non-hydrogen) atoms. The van der Waals surface area contributed by atoms with Crippen molar-refractivity contribution in [1.82, 2.24) is 10.2 Å². The Kier molecular flexibility index (Phi) is 8.63. The Morgan fingerprint density at radius 1 is 1.10 bits per heavy atom. The Morgan fingerprint density at radius 2 is 1.62 bits per heavy atom. The summed E-state index contributed by atoms with van der Waals surface area (Å²) in [5.41, 5.74) is 1.40. The molecule has 0 spiro atoms. The number of alkyl halides is 3. The summed E-state index contributed by atoms with van der Waals surface area (Å²) in [6.07, 6.45) is -3.39. The lowest BCUT2D eigenvalue weighted by Crippen LogP contribution is -2.49. The molecule has 1 aliphatic heterocycles. The molecule has 1 aliphatic rings. The minimum absolute atomic E-state index is 0. The molecular weight excluding hydrogens is 324 g/mol. The molecule has 1 aromatic rings. The highest BCUT2D eigenvalue weighted by Crippen LogP contribution is 2.37. The van der Waals surface area contributed by atoms with Gasteiger partial charge in [-0.15, -0.1) is 24.8 Å². The van der Waals surface area contributed by atoms with E-state index in [0.717, 1.165) is 12.0 Å². The van der Waals surface area contributed by atoms with Gasteiger partial charge in [0.2, 0.25) is 0 Å². The molecule has 7 heteroatoms. The van der Waals surface area contributed by atoms with Crippen LogP contribution in [0.1, 0.15) is 24.1 Å². The molecule has 0 aromatic heterocycles. The minimum atomic E-state index is -4.23. The Bertz CT molecular complexity index is 404. The van der Waals surface area contributed by atoms with Crippen LogP contribution < -0.4 is 5.32 Å². The van der Waals surface area contributed by atoms with E-state index >= 15 is 0 Å². The maximum atomic E-state index is 13.3. The van der Waals surface area contributed by atoms with Crippen LogP contribution in [0.25, 0.3) is 0 Å². The zero-order chi connectivity index (χ0) is 13.9. The molecule has 1 atom stereocenters. The lowest BCUT2D eigenvalue weighted by atomic mass is 10.0. The van der Waals surface area contributed by atoms with Crippen molar-refractivity contribution in [1.29, 1.82) is 0 Å². The van der Waals surface area contributed by atoms with Gasteiger partial charge in [0.05, 0.1) is 0 Å². The molecule has 1 aromatic carbocycles. The summed E-state index contributed by atoms with van der Waals surface area (Å²) in [5.74, 6) is 0. The Balaban J connectivity index is 0.00000200. The fourth-order valence-corrected chi connectivity index (χ4v) is 2.48. The summed E-state index contributed by atoms with van der Waals surface area (Å²) < 4.78 is 39.9. The Labute approximate surface area is 135 Å². The summed E-state index contributed by atoms with van der Waals surface area (Å²) in [5, 5.41) is 3.08. The van der Waals surface area contributed by atoms with Crippen LogP contribution in [0.2, 0.25) is 0 Å². The van der Waals surface area contributed by atoms with Crippen LogP contribution >= 0.6 is 24.8 Å². The van der Waals surface area contributed by atoms with Crippen molar-refractivity contribution in [2.45, 2.75) is 25.6 Å². The second kappa shape index (κ2) is 8.83. The number of benzene rings is 1. The summed E-state index contributed by atoms with van der Waals surface area (Å²) in [6.45, 7) is 4.07. The second-order valence-corrected chi connectivity index (χ2v) is 4.83. The van der Waals surface area contributed by atoms with Gasteiger partial charge in [0, 0.05) is 26.2 Å². The fourth-order valence-electron chi connectivity index (χ4n) is 2.48. The smallest absolute Gasteiger partial charge is 0.314 e. The van der Waals surface area contributed by atoms with E-state index in [1.54, 1.807) is 24.3 Å². The minimum Gasteiger partial charge on any atom is -0.314 e. The van der Waals surface area contributed by atoms with Gasteiger partial charge in [0.15, 0.2) is 0 Å². The van der Waals surface area contributed by atoms with Crippen molar-refractivity contribution < 1.29 is 13.2 Å². The average molecular weight is 345 g/mol. The first kappa shape index (κ1) is 20.5. The molecule has 1 saturated heterocycles. The normalized spacial score (nSPS) is 17.5. The van der Waals surface area contributed by atoms with Crippen molar-refractivity contribution in [3.63, 3.8) is 0 Å². The van der Waals surface area contributed by atoms with Crippen LogP contribution in [-0.2, 0) is 6.42 Å². The van der Waals surface area contributed by atoms with E-state index in [1.807, 2.05) is 6.92 Å². The Morgan fingerprint density at radius 3 is 2.05 bits per heavy atom. The van der Waals surface area contributed by atoms with Gasteiger partial charge < -0.3 is 5.32 Å². The number of halogens is 5. The van der Waals surface area contributed by atoms with E-state index in [2.05, 4.69) is 5.32 Å². The van der Waals surface area contributed by atoms with Crippen LogP contribution in [0.5, 0.6) is 0 Å². The first-order valence-electron chi connectivity index (χ1n) is 6.62. The van der Waals surface area contributed by atoms with Gasteiger partial charge in [-0.1, -0.05) is 31.2 Å². The largest absolute Gasteiger partial charge is 0.408 e. The predicted octanol–water partition coefficient (Wildman–Crippen LogP) is 3.60. The lowest BCUT2D eigenvalue weighted by Gasteiger charge is -2.36. The molecule has 0 amide bonds. The number of hydrogen-bond donors (Lipinski definition) is 1. The van der Waals surface area contributed by atoms with Crippen molar-refractivity contribution in [3.05, 3.63) is 35.4 Å². The summed E-state index contributed by atoms with van der Waals surface area (Å²) in [6, 6.07) is 5.31. The van der Waals surface area contributed by atoms with Crippen LogP contribution in [0.4, 0.5) is 13.2 Å². The number of nitrogens with zero attached hydrogens (tertiary/aromatic N) is 1. The molecule has 2 rings (SSSR count). The molecule has 2 nitrogen and oxygen atoms in total. The van der Waals surface area contributed by atoms with Crippen LogP contribution in [0.15, 0.2) is 24.3 Å². The van der Waals surface area contributed by atoms with Gasteiger partial charge in [-0.3, -0.25) is 4.90 Å². The van der Waals surface area contributed by atoms with Gasteiger partial charge in [-0.2, -0.15) is 13.2 Å². The highest BCUT2D eigenvalue weighted by atomic mass is 35.5. The third-order valence-electron chi connectivity index (χ3n) is 3.53. The number of nitrogens with one attached hydrogen (secondary N) is 1. The van der Waals surface area contributed by atoms with Crippen LogP contribution in [0, 0.1) is 0 Å². The quantitative estimate of drug-likeness (QED) is 0.901. The van der Waals surface area contributed by atoms with Crippen molar-refractivity contribution in [2.75, 3.05) is 26.2 Å². The maximum absolute atomic E-state index is 13.3. The van der Waals surface area contributed by atoms with E-state index in [-0.39, 0.29) is 24.8 Å². The first-order valence-corrected chi connectivity index (χ1v) is 6.62. The number of hydrogen-bond acceptors (Lipinski definition) is 2. The number of aryl methyl sites for hydroxylation is 1. The first-order chi connectivity index (χ1) is 9.02. The zero-order valence-corrected chi connectivity index (χ0v) is 13.5. The highest BCUT2D eigenvalue weighted by molar-refractivity contribution is 5.85. The molecule has 1 N–H and O–H groups in total. The molecule has 0 aliphatic carbocycles. The molecular formula is C14H21Cl2F3N2. The number of piperazine rings is 1. The second-order valence-electron chi connectivity index (χ2n) is 4.83.